The van der Waals surface area contributed by atoms with Crippen LogP contribution in [-0.2, 0) is 42.9 Å². The molecule has 0 saturated heterocycles. The molecule has 4 atom stereocenters. The lowest BCUT2D eigenvalue weighted by Crippen LogP contribution is -2.55. The normalized spacial score (nSPS) is 24.7. The number of hydrogen-bond acceptors (Lipinski definition) is 10. The van der Waals surface area contributed by atoms with Gasteiger partial charge in [0.25, 0.3) is 6.29 Å². The van der Waals surface area contributed by atoms with E-state index in [4.69, 9.17) is 23.7 Å². The van der Waals surface area contributed by atoms with Crippen LogP contribution in [0.4, 0.5) is 0 Å². The summed E-state index contributed by atoms with van der Waals surface area (Å²) in [5.74, 6) is -3.10. The van der Waals surface area contributed by atoms with Gasteiger partial charge < -0.3 is 28.8 Å². The van der Waals surface area contributed by atoms with Gasteiger partial charge in [-0.2, -0.15) is 0 Å². The number of fused-ring (bicyclic) bond motifs is 1. The minimum absolute atomic E-state index is 0.0193. The Morgan fingerprint density at radius 3 is 1.97 bits per heavy atom. The molecule has 0 amide bonds. The van der Waals surface area contributed by atoms with E-state index in [-0.39, 0.29) is 43.6 Å². The number of aliphatic hydroxyl groups is 1. The van der Waals surface area contributed by atoms with Crippen molar-refractivity contribution < 1.29 is 48.0 Å². The number of carbonyl (C=O) groups excluding carboxylic acids is 4. The third-order valence-corrected chi connectivity index (χ3v) is 5.80. The van der Waals surface area contributed by atoms with Crippen molar-refractivity contribution in [1.29, 1.82) is 0 Å². The second kappa shape index (κ2) is 13.1. The second-order valence-electron chi connectivity index (χ2n) is 10.9. The highest BCUT2D eigenvalue weighted by Crippen LogP contribution is 2.47. The molecule has 0 aromatic rings. The van der Waals surface area contributed by atoms with Crippen LogP contribution in [0, 0.1) is 23.7 Å². The number of rotatable bonds is 12. The monoisotopic (exact) mass is 524 g/mol. The summed E-state index contributed by atoms with van der Waals surface area (Å²) in [6.07, 6.45) is 0.735. The molecule has 2 aliphatic rings. The van der Waals surface area contributed by atoms with Gasteiger partial charge in [-0.25, -0.2) is 0 Å². The van der Waals surface area contributed by atoms with Gasteiger partial charge in [0.05, 0.1) is 12.2 Å². The topological polar surface area (TPSA) is 135 Å². The van der Waals surface area contributed by atoms with E-state index < -0.39 is 54.4 Å². The summed E-state index contributed by atoms with van der Waals surface area (Å²) in [5.41, 5.74) is -1.18. The van der Waals surface area contributed by atoms with Gasteiger partial charge in [-0.15, -0.1) is 0 Å². The average Bonchev–Trinajstić information content (AvgIpc) is 3.02. The average molecular weight is 525 g/mol. The smallest absolute Gasteiger partial charge is 0.309 e. The molecular formula is C27H40O10. The van der Waals surface area contributed by atoms with Crippen LogP contribution < -0.4 is 0 Å². The van der Waals surface area contributed by atoms with Gasteiger partial charge in [0.15, 0.2) is 11.7 Å². The molecule has 0 aromatic carbocycles. The molecule has 0 radical (unpaired) electrons. The predicted octanol–water partition coefficient (Wildman–Crippen LogP) is 3.21. The molecule has 1 heterocycles. The minimum atomic E-state index is -2.00. The fraction of sp³-hybridized carbons (Fsp3) is 0.704. The number of ether oxygens (including phenoxy) is 5. The molecule has 0 bridgehead atoms. The lowest BCUT2D eigenvalue weighted by molar-refractivity contribution is -0.217. The third-order valence-electron chi connectivity index (χ3n) is 5.80. The fourth-order valence-corrected chi connectivity index (χ4v) is 4.19. The molecule has 1 aliphatic heterocycles. The summed E-state index contributed by atoms with van der Waals surface area (Å²) in [6.45, 7) is 11.7. The largest absolute Gasteiger partial charge is 0.462 e. The summed E-state index contributed by atoms with van der Waals surface area (Å²) in [5, 5.41) is 11.8. The molecule has 0 fully saturated rings. The van der Waals surface area contributed by atoms with Crippen LogP contribution in [0.15, 0.2) is 23.5 Å². The van der Waals surface area contributed by atoms with Gasteiger partial charge in [0.2, 0.25) is 0 Å². The molecule has 0 saturated carbocycles. The molecular weight excluding hydrogens is 484 g/mol. The molecule has 37 heavy (non-hydrogen) atoms. The van der Waals surface area contributed by atoms with Crippen molar-refractivity contribution in [3.63, 3.8) is 0 Å². The number of esters is 4. The second-order valence-corrected chi connectivity index (χ2v) is 10.9. The highest BCUT2D eigenvalue weighted by Gasteiger charge is 2.59. The first-order valence-electron chi connectivity index (χ1n) is 12.7. The van der Waals surface area contributed by atoms with Crippen molar-refractivity contribution >= 4 is 23.9 Å². The van der Waals surface area contributed by atoms with Crippen molar-refractivity contribution in [2.75, 3.05) is 13.2 Å². The van der Waals surface area contributed by atoms with Crippen molar-refractivity contribution in [2.24, 2.45) is 23.7 Å². The Bertz CT molecular complexity index is 916. The Kier molecular flexibility index (Phi) is 10.7. The van der Waals surface area contributed by atoms with Crippen molar-refractivity contribution in [3.8, 4) is 0 Å². The first kappa shape index (κ1) is 30.3. The Morgan fingerprint density at radius 1 is 0.892 bits per heavy atom. The number of carbonyl (C=O) groups is 4. The Balaban J connectivity index is 2.39. The number of hydrogen-bond donors (Lipinski definition) is 1. The van der Waals surface area contributed by atoms with E-state index in [0.29, 0.717) is 11.1 Å². The minimum Gasteiger partial charge on any atom is -0.462 e. The summed E-state index contributed by atoms with van der Waals surface area (Å²) < 4.78 is 27.4. The first-order valence-corrected chi connectivity index (χ1v) is 12.7. The van der Waals surface area contributed by atoms with Crippen LogP contribution in [-0.4, -0.2) is 60.2 Å². The van der Waals surface area contributed by atoms with Gasteiger partial charge in [0.1, 0.15) is 13.2 Å². The zero-order chi connectivity index (χ0) is 27.9. The molecule has 1 N–H and O–H groups in total. The summed E-state index contributed by atoms with van der Waals surface area (Å²) in [6, 6.07) is 0. The Morgan fingerprint density at radius 2 is 1.43 bits per heavy atom. The molecule has 4 unspecified atom stereocenters. The van der Waals surface area contributed by atoms with E-state index >= 15 is 0 Å². The highest BCUT2D eigenvalue weighted by atomic mass is 16.7. The predicted molar refractivity (Wildman–Crippen MR) is 131 cm³/mol. The van der Waals surface area contributed by atoms with E-state index in [0.717, 1.165) is 0 Å². The standard InChI is InChI=1S/C27H40O10/c1-15(2)8-22(29)33-12-19-13-34-26(37-24(31)10-17(5)6)25-20(19)11-21(36-18(7)28)27(25,32)14-35-23(30)9-16(3)4/h11,13,15-17,21,25-26,32H,8-10,12,14H2,1-7H3. The van der Waals surface area contributed by atoms with Crippen LogP contribution in [0.5, 0.6) is 0 Å². The van der Waals surface area contributed by atoms with E-state index in [2.05, 4.69) is 0 Å². The first-order chi connectivity index (χ1) is 17.2. The SMILES string of the molecule is CC(=O)OC1C=C2C(COC(=O)CC(C)C)=COC(OC(=O)CC(C)C)C2C1(O)COC(=O)CC(C)C. The van der Waals surface area contributed by atoms with E-state index in [1.54, 1.807) is 0 Å². The fourth-order valence-electron chi connectivity index (χ4n) is 4.19. The van der Waals surface area contributed by atoms with Crippen LogP contribution >= 0.6 is 0 Å². The summed E-state index contributed by atoms with van der Waals surface area (Å²) in [7, 11) is 0. The van der Waals surface area contributed by atoms with E-state index in [1.165, 1.54) is 19.3 Å². The van der Waals surface area contributed by atoms with Gasteiger partial charge in [-0.3, -0.25) is 19.2 Å². The summed E-state index contributed by atoms with van der Waals surface area (Å²) in [4.78, 5) is 48.8. The molecule has 10 nitrogen and oxygen atoms in total. The van der Waals surface area contributed by atoms with Gasteiger partial charge in [-0.05, 0) is 29.4 Å². The maximum atomic E-state index is 12.5. The third kappa shape index (κ3) is 8.59. The van der Waals surface area contributed by atoms with E-state index in [1.807, 2.05) is 41.5 Å². The quantitative estimate of drug-likeness (QED) is 0.299. The molecule has 208 valence electrons. The maximum absolute atomic E-state index is 12.5. The van der Waals surface area contributed by atoms with Gasteiger partial charge >= 0.3 is 23.9 Å². The van der Waals surface area contributed by atoms with Crippen molar-refractivity contribution in [1.82, 2.24) is 0 Å². The zero-order valence-electron chi connectivity index (χ0n) is 22.8. The van der Waals surface area contributed by atoms with E-state index in [9.17, 15) is 24.3 Å². The van der Waals surface area contributed by atoms with Gasteiger partial charge in [0, 0.05) is 31.8 Å². The van der Waals surface area contributed by atoms with Crippen molar-refractivity contribution in [2.45, 2.75) is 85.7 Å². The molecule has 0 aromatic heterocycles. The van der Waals surface area contributed by atoms with Crippen LogP contribution in [0.25, 0.3) is 0 Å². The van der Waals surface area contributed by atoms with Crippen molar-refractivity contribution in [3.05, 3.63) is 23.5 Å². The van der Waals surface area contributed by atoms with Crippen LogP contribution in [0.1, 0.15) is 67.7 Å². The highest BCUT2D eigenvalue weighted by molar-refractivity contribution is 5.71. The lowest BCUT2D eigenvalue weighted by atomic mass is 9.82. The molecule has 1 aliphatic carbocycles. The van der Waals surface area contributed by atoms with Crippen LogP contribution in [0.3, 0.4) is 0 Å². The molecule has 2 rings (SSSR count). The Hall–Kier alpha value is -2.88. The molecule has 0 spiro atoms. The summed E-state index contributed by atoms with van der Waals surface area (Å²) >= 11 is 0. The van der Waals surface area contributed by atoms with Gasteiger partial charge in [-0.1, -0.05) is 41.5 Å². The molecule has 10 heteroatoms. The van der Waals surface area contributed by atoms with Crippen LogP contribution in [0.2, 0.25) is 0 Å². The Labute approximate surface area is 218 Å². The lowest BCUT2D eigenvalue weighted by Gasteiger charge is -2.40. The zero-order valence-corrected chi connectivity index (χ0v) is 22.8. The maximum Gasteiger partial charge on any atom is 0.309 e.